The Hall–Kier alpha value is -1.89. The zero-order valence-electron chi connectivity index (χ0n) is 9.49. The van der Waals surface area contributed by atoms with E-state index in [0.29, 0.717) is 5.65 Å². The summed E-state index contributed by atoms with van der Waals surface area (Å²) < 4.78 is 6.28. The average Bonchev–Trinajstić information content (AvgIpc) is 2.72. The molecule has 0 saturated carbocycles. The van der Waals surface area contributed by atoms with Crippen LogP contribution in [-0.2, 0) is 4.74 Å². The Morgan fingerprint density at radius 2 is 2.17 bits per heavy atom. The summed E-state index contributed by atoms with van der Waals surface area (Å²) in [6, 6.07) is 4.80. The van der Waals surface area contributed by atoms with Crippen molar-refractivity contribution in [1.29, 1.82) is 0 Å². The summed E-state index contributed by atoms with van der Waals surface area (Å²) >= 11 is 0. The molecule has 2 aromatic rings. The number of aromatic carboxylic acids is 1. The molecular formula is C11H11BrN2O4. The molecule has 2 aromatic heterocycles. The van der Waals surface area contributed by atoms with Crippen LogP contribution in [-0.4, -0.2) is 33.0 Å². The number of imidazole rings is 1. The molecule has 0 unspecified atom stereocenters. The summed E-state index contributed by atoms with van der Waals surface area (Å²) in [4.78, 5) is 26.3. The first-order valence-corrected chi connectivity index (χ1v) is 5.02. The number of rotatable bonds is 3. The highest BCUT2D eigenvalue weighted by molar-refractivity contribution is 8.93. The van der Waals surface area contributed by atoms with Crippen LogP contribution in [0.4, 0.5) is 0 Å². The molecule has 18 heavy (non-hydrogen) atoms. The van der Waals surface area contributed by atoms with Gasteiger partial charge in [0.2, 0.25) is 0 Å². The van der Waals surface area contributed by atoms with E-state index >= 15 is 0 Å². The third-order valence-electron chi connectivity index (χ3n) is 2.20. The first kappa shape index (κ1) is 14.2. The average molecular weight is 315 g/mol. The van der Waals surface area contributed by atoms with E-state index < -0.39 is 11.9 Å². The molecule has 0 aromatic carbocycles. The number of hydrogen-bond donors (Lipinski definition) is 1. The van der Waals surface area contributed by atoms with Crippen molar-refractivity contribution in [1.82, 2.24) is 9.38 Å². The van der Waals surface area contributed by atoms with Gasteiger partial charge in [-0.2, -0.15) is 0 Å². The smallest absolute Gasteiger partial charge is 0.356 e. The Labute approximate surface area is 113 Å². The molecule has 0 aliphatic heterocycles. The molecule has 7 heteroatoms. The normalized spacial score (nSPS) is 9.83. The minimum atomic E-state index is -1.14. The molecule has 0 spiro atoms. The molecule has 0 atom stereocenters. The maximum atomic E-state index is 11.6. The van der Waals surface area contributed by atoms with Gasteiger partial charge in [0, 0.05) is 6.20 Å². The predicted octanol–water partition coefficient (Wildman–Crippen LogP) is 1.79. The topological polar surface area (TPSA) is 80.9 Å². The number of nitrogens with zero attached hydrogens (tertiary/aromatic N) is 2. The van der Waals surface area contributed by atoms with Crippen molar-refractivity contribution in [2.45, 2.75) is 6.92 Å². The van der Waals surface area contributed by atoms with Gasteiger partial charge in [-0.1, -0.05) is 6.07 Å². The van der Waals surface area contributed by atoms with Crippen LogP contribution < -0.4 is 0 Å². The molecule has 0 amide bonds. The minimum Gasteiger partial charge on any atom is -0.476 e. The SMILES string of the molecule is Br.CCOC(=O)c1cccc2nc(C(=O)O)cn12. The number of fused-ring (bicyclic) bond motifs is 1. The van der Waals surface area contributed by atoms with Crippen LogP contribution in [0, 0.1) is 0 Å². The number of halogens is 1. The number of carbonyl (C=O) groups is 2. The van der Waals surface area contributed by atoms with Crippen LogP contribution >= 0.6 is 17.0 Å². The zero-order valence-corrected chi connectivity index (χ0v) is 11.2. The molecule has 1 N–H and O–H groups in total. The first-order valence-electron chi connectivity index (χ1n) is 5.02. The predicted molar refractivity (Wildman–Crippen MR) is 68.4 cm³/mol. The summed E-state index contributed by atoms with van der Waals surface area (Å²) in [5, 5.41) is 8.83. The van der Waals surface area contributed by atoms with Crippen molar-refractivity contribution < 1.29 is 19.4 Å². The van der Waals surface area contributed by atoms with E-state index in [4.69, 9.17) is 9.84 Å². The van der Waals surface area contributed by atoms with Gasteiger partial charge in [-0.25, -0.2) is 14.6 Å². The molecule has 0 aliphatic carbocycles. The van der Waals surface area contributed by atoms with Crippen molar-refractivity contribution in [3.63, 3.8) is 0 Å². The number of carboxylic acid groups (broad SMARTS) is 1. The second kappa shape index (κ2) is 5.63. The van der Waals surface area contributed by atoms with E-state index in [-0.39, 0.29) is 35.0 Å². The maximum Gasteiger partial charge on any atom is 0.356 e. The van der Waals surface area contributed by atoms with Gasteiger partial charge in [0.05, 0.1) is 6.61 Å². The molecule has 2 rings (SSSR count). The molecule has 0 fully saturated rings. The number of esters is 1. The summed E-state index contributed by atoms with van der Waals surface area (Å²) in [5.74, 6) is -1.64. The second-order valence-corrected chi connectivity index (χ2v) is 3.29. The Morgan fingerprint density at radius 1 is 1.44 bits per heavy atom. The lowest BCUT2D eigenvalue weighted by atomic mass is 10.3. The van der Waals surface area contributed by atoms with E-state index in [1.165, 1.54) is 10.6 Å². The van der Waals surface area contributed by atoms with Crippen LogP contribution in [0.15, 0.2) is 24.4 Å². The van der Waals surface area contributed by atoms with Crippen molar-refractivity contribution >= 4 is 34.6 Å². The van der Waals surface area contributed by atoms with Gasteiger partial charge in [0.25, 0.3) is 0 Å². The van der Waals surface area contributed by atoms with Gasteiger partial charge >= 0.3 is 11.9 Å². The molecule has 0 aliphatic rings. The third kappa shape index (κ3) is 2.51. The molecular weight excluding hydrogens is 304 g/mol. The van der Waals surface area contributed by atoms with Gasteiger partial charge < -0.3 is 9.84 Å². The fraction of sp³-hybridized carbons (Fsp3) is 0.182. The lowest BCUT2D eigenvalue weighted by molar-refractivity contribution is 0.0516. The zero-order chi connectivity index (χ0) is 12.4. The van der Waals surface area contributed by atoms with Crippen molar-refractivity contribution in [3.05, 3.63) is 35.8 Å². The highest BCUT2D eigenvalue weighted by atomic mass is 79.9. The van der Waals surface area contributed by atoms with Gasteiger partial charge in [-0.05, 0) is 19.1 Å². The van der Waals surface area contributed by atoms with E-state index in [2.05, 4.69) is 4.98 Å². The standard InChI is InChI=1S/C11H10N2O4.BrH/c1-2-17-11(16)8-4-3-5-9-12-7(10(14)15)6-13(8)9;/h3-6H,2H2,1H3,(H,14,15);1H. The molecule has 0 bridgehead atoms. The quantitative estimate of drug-likeness (QED) is 0.873. The number of carbonyl (C=O) groups excluding carboxylic acids is 1. The fourth-order valence-electron chi connectivity index (χ4n) is 1.49. The highest BCUT2D eigenvalue weighted by Gasteiger charge is 2.15. The van der Waals surface area contributed by atoms with E-state index in [0.717, 1.165) is 0 Å². The largest absolute Gasteiger partial charge is 0.476 e. The minimum absolute atomic E-state index is 0. The highest BCUT2D eigenvalue weighted by Crippen LogP contribution is 2.10. The van der Waals surface area contributed by atoms with Crippen molar-refractivity contribution in [2.75, 3.05) is 6.61 Å². The molecule has 0 radical (unpaired) electrons. The van der Waals surface area contributed by atoms with Crippen LogP contribution in [0.3, 0.4) is 0 Å². The number of ether oxygens (including phenoxy) is 1. The van der Waals surface area contributed by atoms with Gasteiger partial charge in [0.1, 0.15) is 11.3 Å². The summed E-state index contributed by atoms with van der Waals surface area (Å²) in [7, 11) is 0. The molecule has 2 heterocycles. The second-order valence-electron chi connectivity index (χ2n) is 3.29. The van der Waals surface area contributed by atoms with Crippen molar-refractivity contribution in [3.8, 4) is 0 Å². The number of hydrogen-bond acceptors (Lipinski definition) is 4. The molecule has 6 nitrogen and oxygen atoms in total. The fourth-order valence-corrected chi connectivity index (χ4v) is 1.49. The number of aromatic nitrogens is 2. The first-order chi connectivity index (χ1) is 8.13. The van der Waals surface area contributed by atoms with Gasteiger partial charge in [-0.3, -0.25) is 4.40 Å². The third-order valence-corrected chi connectivity index (χ3v) is 2.20. The van der Waals surface area contributed by atoms with Crippen LogP contribution in [0.5, 0.6) is 0 Å². The Morgan fingerprint density at radius 3 is 2.78 bits per heavy atom. The maximum absolute atomic E-state index is 11.6. The lowest BCUT2D eigenvalue weighted by Crippen LogP contribution is -2.09. The number of carboxylic acids is 1. The van der Waals surface area contributed by atoms with Crippen LogP contribution in [0.1, 0.15) is 27.9 Å². The van der Waals surface area contributed by atoms with Crippen LogP contribution in [0.2, 0.25) is 0 Å². The lowest BCUT2D eigenvalue weighted by Gasteiger charge is -2.03. The van der Waals surface area contributed by atoms with E-state index in [1.54, 1.807) is 25.1 Å². The van der Waals surface area contributed by atoms with Gasteiger partial charge in [0.15, 0.2) is 5.69 Å². The summed E-state index contributed by atoms with van der Waals surface area (Å²) in [6.07, 6.45) is 1.30. The molecule has 0 saturated heterocycles. The van der Waals surface area contributed by atoms with E-state index in [9.17, 15) is 9.59 Å². The Kier molecular flexibility index (Phi) is 4.43. The molecule has 96 valence electrons. The van der Waals surface area contributed by atoms with E-state index in [1.807, 2.05) is 0 Å². The van der Waals surface area contributed by atoms with Crippen molar-refractivity contribution in [2.24, 2.45) is 0 Å². The Balaban J connectivity index is 0.00000162. The summed E-state index contributed by atoms with van der Waals surface area (Å²) in [6.45, 7) is 1.96. The number of pyridine rings is 1. The van der Waals surface area contributed by atoms with Crippen LogP contribution in [0.25, 0.3) is 5.65 Å². The Bertz CT molecular complexity index is 594. The monoisotopic (exact) mass is 314 g/mol. The van der Waals surface area contributed by atoms with Gasteiger partial charge in [-0.15, -0.1) is 17.0 Å². The summed E-state index contributed by atoms with van der Waals surface area (Å²) in [5.41, 5.74) is 0.541.